The zero-order valence-corrected chi connectivity index (χ0v) is 13.5. The number of hydrogen-bond acceptors (Lipinski definition) is 4. The Morgan fingerprint density at radius 3 is 2.47 bits per heavy atom. The average molecular weight is 306 g/mol. The monoisotopic (exact) mass is 305 g/mol. The van der Waals surface area contributed by atoms with Crippen molar-refractivity contribution in [3.8, 4) is 0 Å². The molecule has 0 bridgehead atoms. The lowest BCUT2D eigenvalue weighted by atomic mass is 10.0. The van der Waals surface area contributed by atoms with Gasteiger partial charge in [0.15, 0.2) is 0 Å². The van der Waals surface area contributed by atoms with Crippen molar-refractivity contribution in [2.75, 3.05) is 13.1 Å². The molecule has 0 aliphatic rings. The molecule has 0 aliphatic carbocycles. The molecule has 2 N–H and O–H groups in total. The number of carbonyl (C=O) groups is 1. The Balaban J connectivity index is 0.00000324. The summed E-state index contributed by atoms with van der Waals surface area (Å²) in [5, 5.41) is 2.62. The summed E-state index contributed by atoms with van der Waals surface area (Å²) in [7, 11) is 0. The van der Waals surface area contributed by atoms with Gasteiger partial charge in [0.05, 0.1) is 0 Å². The molecule has 1 heterocycles. The normalized spacial score (nSPS) is 10.4. The quantitative estimate of drug-likeness (QED) is 0.842. The van der Waals surface area contributed by atoms with Gasteiger partial charge in [-0.15, -0.1) is 23.7 Å². The van der Waals surface area contributed by atoms with Crippen molar-refractivity contribution >= 4 is 29.7 Å². The molecule has 0 saturated carbocycles. The molecular formula is C13H24ClN3OS. The average Bonchev–Trinajstić information content (AvgIpc) is 2.88. The highest BCUT2D eigenvalue weighted by Crippen LogP contribution is 2.15. The van der Waals surface area contributed by atoms with Crippen LogP contribution in [0, 0.1) is 5.92 Å². The molecule has 19 heavy (non-hydrogen) atoms. The van der Waals surface area contributed by atoms with Gasteiger partial charge in [-0.1, -0.05) is 26.7 Å². The smallest absolute Gasteiger partial charge is 0.273 e. The van der Waals surface area contributed by atoms with Gasteiger partial charge in [-0.05, 0) is 12.8 Å². The Hall–Kier alpha value is -0.650. The molecule has 1 amide bonds. The van der Waals surface area contributed by atoms with Crippen LogP contribution in [0.1, 0.15) is 49.1 Å². The van der Waals surface area contributed by atoms with E-state index in [1.165, 1.54) is 11.3 Å². The zero-order chi connectivity index (χ0) is 13.5. The Morgan fingerprint density at radius 2 is 2.05 bits per heavy atom. The van der Waals surface area contributed by atoms with Crippen LogP contribution in [0.25, 0.3) is 0 Å². The molecule has 0 radical (unpaired) electrons. The van der Waals surface area contributed by atoms with Crippen molar-refractivity contribution in [1.29, 1.82) is 0 Å². The Bertz CT molecular complexity index is 380. The summed E-state index contributed by atoms with van der Waals surface area (Å²) in [6, 6.07) is 0. The number of amides is 1. The minimum absolute atomic E-state index is 0. The minimum Gasteiger partial charge on any atom is -0.337 e. The summed E-state index contributed by atoms with van der Waals surface area (Å²) < 4.78 is 0. The first-order valence-corrected chi connectivity index (χ1v) is 7.47. The third-order valence-electron chi connectivity index (χ3n) is 3.25. The van der Waals surface area contributed by atoms with Crippen LogP contribution >= 0.6 is 23.7 Å². The second kappa shape index (κ2) is 9.28. The van der Waals surface area contributed by atoms with Crippen molar-refractivity contribution in [2.24, 2.45) is 11.7 Å². The maximum atomic E-state index is 12.3. The highest BCUT2D eigenvalue weighted by Gasteiger charge is 2.19. The lowest BCUT2D eigenvalue weighted by Gasteiger charge is -2.24. The summed E-state index contributed by atoms with van der Waals surface area (Å²) in [6.07, 6.45) is 2.21. The maximum absolute atomic E-state index is 12.3. The number of rotatable bonds is 7. The fourth-order valence-corrected chi connectivity index (χ4v) is 2.53. The van der Waals surface area contributed by atoms with E-state index in [-0.39, 0.29) is 18.3 Å². The van der Waals surface area contributed by atoms with Gasteiger partial charge in [-0.25, -0.2) is 4.98 Å². The van der Waals surface area contributed by atoms with Gasteiger partial charge in [-0.3, -0.25) is 4.79 Å². The topological polar surface area (TPSA) is 59.2 Å². The van der Waals surface area contributed by atoms with E-state index in [1.54, 1.807) is 5.38 Å². The van der Waals surface area contributed by atoms with Crippen LogP contribution in [0.15, 0.2) is 5.38 Å². The van der Waals surface area contributed by atoms with Crippen LogP contribution in [-0.2, 0) is 6.54 Å². The molecule has 110 valence electrons. The molecule has 0 atom stereocenters. The predicted molar refractivity (Wildman–Crippen MR) is 82.9 cm³/mol. The van der Waals surface area contributed by atoms with E-state index in [1.807, 2.05) is 11.8 Å². The van der Waals surface area contributed by atoms with Crippen molar-refractivity contribution in [3.63, 3.8) is 0 Å². The molecular weight excluding hydrogens is 282 g/mol. The summed E-state index contributed by atoms with van der Waals surface area (Å²) in [5.74, 6) is 0.599. The molecule has 6 heteroatoms. The van der Waals surface area contributed by atoms with Crippen LogP contribution in [0.4, 0.5) is 0 Å². The first kappa shape index (κ1) is 18.4. The summed E-state index contributed by atoms with van der Waals surface area (Å²) in [4.78, 5) is 18.4. The number of halogens is 1. The summed E-state index contributed by atoms with van der Waals surface area (Å²) in [5.41, 5.74) is 6.05. The molecule has 0 aromatic carbocycles. The van der Waals surface area contributed by atoms with E-state index in [0.717, 1.165) is 30.9 Å². The van der Waals surface area contributed by atoms with Gasteiger partial charge < -0.3 is 10.6 Å². The number of aromatic nitrogens is 1. The first-order chi connectivity index (χ1) is 8.65. The third kappa shape index (κ3) is 5.09. The first-order valence-electron chi connectivity index (χ1n) is 6.59. The van der Waals surface area contributed by atoms with Crippen LogP contribution < -0.4 is 5.73 Å². The molecule has 0 unspecified atom stereocenters. The van der Waals surface area contributed by atoms with Crippen LogP contribution in [0.5, 0.6) is 0 Å². The summed E-state index contributed by atoms with van der Waals surface area (Å²) >= 11 is 1.45. The van der Waals surface area contributed by atoms with Gasteiger partial charge in [0.25, 0.3) is 5.91 Å². The van der Waals surface area contributed by atoms with Gasteiger partial charge in [-0.2, -0.15) is 0 Å². The van der Waals surface area contributed by atoms with Crippen LogP contribution in [0.3, 0.4) is 0 Å². The van der Waals surface area contributed by atoms with E-state index < -0.39 is 0 Å². The summed E-state index contributed by atoms with van der Waals surface area (Å²) in [6.45, 7) is 8.29. The van der Waals surface area contributed by atoms with Gasteiger partial charge in [0.1, 0.15) is 10.7 Å². The largest absolute Gasteiger partial charge is 0.337 e. The van der Waals surface area contributed by atoms with E-state index in [9.17, 15) is 4.79 Å². The van der Waals surface area contributed by atoms with Crippen molar-refractivity contribution in [2.45, 2.75) is 40.2 Å². The molecule has 0 aliphatic heterocycles. The van der Waals surface area contributed by atoms with E-state index in [0.29, 0.717) is 18.2 Å². The molecule has 0 spiro atoms. The van der Waals surface area contributed by atoms with Gasteiger partial charge in [0.2, 0.25) is 0 Å². The fraction of sp³-hybridized carbons (Fsp3) is 0.692. The second-order valence-corrected chi connectivity index (χ2v) is 5.30. The molecule has 1 rings (SSSR count). The lowest BCUT2D eigenvalue weighted by Crippen LogP contribution is -2.35. The molecule has 0 saturated heterocycles. The number of thiazole rings is 1. The molecule has 4 nitrogen and oxygen atoms in total. The molecule has 0 fully saturated rings. The number of hydrogen-bond donors (Lipinski definition) is 1. The Morgan fingerprint density at radius 1 is 1.42 bits per heavy atom. The number of nitrogens with zero attached hydrogens (tertiary/aromatic N) is 2. The van der Waals surface area contributed by atoms with E-state index in [4.69, 9.17) is 5.73 Å². The highest BCUT2D eigenvalue weighted by molar-refractivity contribution is 7.09. The second-order valence-electron chi connectivity index (χ2n) is 4.36. The van der Waals surface area contributed by atoms with Crippen molar-refractivity contribution in [1.82, 2.24) is 9.88 Å². The third-order valence-corrected chi connectivity index (χ3v) is 4.12. The Kier molecular flexibility index (Phi) is 8.97. The van der Waals surface area contributed by atoms with Crippen LogP contribution in [-0.4, -0.2) is 28.9 Å². The standard InChI is InChI=1S/C13H23N3OS.ClH/c1-4-10(5-2)8-16(6-3)13(17)11-9-18-12(7-14)15-11;/h9-10H,4-8,14H2,1-3H3;1H. The molecule has 1 aromatic heterocycles. The van der Waals surface area contributed by atoms with Crippen molar-refractivity contribution in [3.05, 3.63) is 16.1 Å². The minimum atomic E-state index is 0. The van der Waals surface area contributed by atoms with E-state index >= 15 is 0 Å². The number of nitrogens with two attached hydrogens (primary N) is 1. The van der Waals surface area contributed by atoms with Crippen molar-refractivity contribution < 1.29 is 4.79 Å². The van der Waals surface area contributed by atoms with Gasteiger partial charge in [0, 0.05) is 25.0 Å². The lowest BCUT2D eigenvalue weighted by molar-refractivity contribution is 0.0729. The van der Waals surface area contributed by atoms with Crippen LogP contribution in [0.2, 0.25) is 0 Å². The SMILES string of the molecule is CCC(CC)CN(CC)C(=O)c1csc(CN)n1.Cl. The Labute approximate surface area is 125 Å². The van der Waals surface area contributed by atoms with Gasteiger partial charge >= 0.3 is 0 Å². The highest BCUT2D eigenvalue weighted by atomic mass is 35.5. The maximum Gasteiger partial charge on any atom is 0.273 e. The number of carbonyl (C=O) groups excluding carboxylic acids is 1. The molecule has 1 aromatic rings. The van der Waals surface area contributed by atoms with E-state index in [2.05, 4.69) is 18.8 Å². The predicted octanol–water partition coefficient (Wildman–Crippen LogP) is 2.92. The fourth-order valence-electron chi connectivity index (χ4n) is 1.88. The zero-order valence-electron chi connectivity index (χ0n) is 11.9.